The fraction of sp³-hybridized carbons (Fsp3) is 0.296. The number of rotatable bonds is 7. The van der Waals surface area contributed by atoms with Crippen LogP contribution >= 0.6 is 11.6 Å². The molecule has 9 nitrogen and oxygen atoms in total. The van der Waals surface area contributed by atoms with Crippen LogP contribution in [0.15, 0.2) is 48.7 Å². The van der Waals surface area contributed by atoms with Crippen molar-refractivity contribution in [1.82, 2.24) is 15.5 Å². The number of methoxy groups -OCH3 is 1. The maximum atomic E-state index is 14.4. The van der Waals surface area contributed by atoms with E-state index in [1.165, 1.54) is 26.4 Å². The van der Waals surface area contributed by atoms with Crippen LogP contribution in [0.5, 0.6) is 0 Å². The zero-order valence-electron chi connectivity index (χ0n) is 21.3. The lowest BCUT2D eigenvalue weighted by Gasteiger charge is -2.50. The van der Waals surface area contributed by atoms with E-state index in [0.29, 0.717) is 5.82 Å². The Morgan fingerprint density at radius 3 is 2.53 bits per heavy atom. The van der Waals surface area contributed by atoms with Crippen molar-refractivity contribution in [3.05, 3.63) is 81.8 Å². The van der Waals surface area contributed by atoms with Crippen molar-refractivity contribution < 1.29 is 23.5 Å². The summed E-state index contributed by atoms with van der Waals surface area (Å²) in [5, 5.41) is 13.0. The number of aromatic nitrogens is 2. The maximum absolute atomic E-state index is 14.4. The SMILES string of the molecule is CNC(=O)c1cc(Cl)c(F)cc1NC(=O)C1(c2ccccc2C(C)C)CN(c2cc(C(=O)OC)cnn2)C1. The number of benzene rings is 2. The summed E-state index contributed by atoms with van der Waals surface area (Å²) in [6.45, 7) is 4.47. The van der Waals surface area contributed by atoms with Gasteiger partial charge in [0.05, 0.1) is 35.1 Å². The van der Waals surface area contributed by atoms with Crippen LogP contribution in [0, 0.1) is 5.82 Å². The molecule has 4 rings (SSSR count). The van der Waals surface area contributed by atoms with E-state index in [4.69, 9.17) is 16.3 Å². The van der Waals surface area contributed by atoms with Crippen LogP contribution in [0.1, 0.15) is 51.6 Å². The number of nitrogens with zero attached hydrogens (tertiary/aromatic N) is 3. The summed E-state index contributed by atoms with van der Waals surface area (Å²) in [6, 6.07) is 11.4. The predicted molar refractivity (Wildman–Crippen MR) is 141 cm³/mol. The van der Waals surface area contributed by atoms with Crippen molar-refractivity contribution in [2.24, 2.45) is 0 Å². The molecule has 0 unspecified atom stereocenters. The highest BCUT2D eigenvalue weighted by molar-refractivity contribution is 6.31. The number of amides is 2. The molecular weight excluding hydrogens is 513 g/mol. The Kier molecular flexibility index (Phi) is 7.63. The van der Waals surface area contributed by atoms with Crippen molar-refractivity contribution in [2.45, 2.75) is 25.2 Å². The van der Waals surface area contributed by atoms with Crippen molar-refractivity contribution in [3.8, 4) is 0 Å². The molecule has 11 heteroatoms. The van der Waals surface area contributed by atoms with Crippen LogP contribution in [-0.2, 0) is 14.9 Å². The number of hydrogen-bond donors (Lipinski definition) is 2. The van der Waals surface area contributed by atoms with E-state index < -0.39 is 29.0 Å². The Morgan fingerprint density at radius 1 is 1.16 bits per heavy atom. The summed E-state index contributed by atoms with van der Waals surface area (Å²) >= 11 is 5.92. The van der Waals surface area contributed by atoms with E-state index in [2.05, 4.69) is 20.8 Å². The van der Waals surface area contributed by atoms with Gasteiger partial charge >= 0.3 is 5.97 Å². The molecule has 2 N–H and O–H groups in total. The van der Waals surface area contributed by atoms with Gasteiger partial charge in [0.25, 0.3) is 5.91 Å². The van der Waals surface area contributed by atoms with E-state index in [1.54, 1.807) is 6.07 Å². The highest BCUT2D eigenvalue weighted by Crippen LogP contribution is 2.42. The Morgan fingerprint density at radius 2 is 1.87 bits per heavy atom. The molecule has 1 aliphatic rings. The van der Waals surface area contributed by atoms with Crippen LogP contribution in [0.25, 0.3) is 0 Å². The van der Waals surface area contributed by atoms with Crippen molar-refractivity contribution >= 4 is 40.9 Å². The number of nitrogens with one attached hydrogen (secondary N) is 2. The van der Waals surface area contributed by atoms with Crippen LogP contribution in [0.2, 0.25) is 5.02 Å². The number of esters is 1. The summed E-state index contributed by atoms with van der Waals surface area (Å²) in [4.78, 5) is 40.3. The molecule has 2 aromatic carbocycles. The van der Waals surface area contributed by atoms with E-state index in [-0.39, 0.29) is 40.8 Å². The van der Waals surface area contributed by atoms with Crippen molar-refractivity contribution in [1.29, 1.82) is 0 Å². The maximum Gasteiger partial charge on any atom is 0.339 e. The van der Waals surface area contributed by atoms with Crippen LogP contribution in [0.4, 0.5) is 15.9 Å². The first kappa shape index (κ1) is 27.0. The van der Waals surface area contributed by atoms with Gasteiger partial charge in [0.1, 0.15) is 11.2 Å². The lowest BCUT2D eigenvalue weighted by atomic mass is 9.69. The molecule has 0 radical (unpaired) electrons. The minimum atomic E-state index is -1.07. The Hall–Kier alpha value is -4.05. The van der Waals surface area contributed by atoms with Gasteiger partial charge in [-0.1, -0.05) is 49.7 Å². The molecule has 2 heterocycles. The molecule has 0 atom stereocenters. The molecule has 0 bridgehead atoms. The second-order valence-corrected chi connectivity index (χ2v) is 9.73. The average molecular weight is 540 g/mol. The summed E-state index contributed by atoms with van der Waals surface area (Å²) in [6.07, 6.45) is 1.30. The third-order valence-corrected chi connectivity index (χ3v) is 6.91. The van der Waals surface area contributed by atoms with Crippen LogP contribution < -0.4 is 15.5 Å². The van der Waals surface area contributed by atoms with Crippen LogP contribution in [0.3, 0.4) is 0 Å². The minimum Gasteiger partial charge on any atom is -0.465 e. The lowest BCUT2D eigenvalue weighted by Crippen LogP contribution is -2.66. The summed E-state index contributed by atoms with van der Waals surface area (Å²) in [7, 11) is 2.70. The predicted octanol–water partition coefficient (Wildman–Crippen LogP) is 3.94. The van der Waals surface area contributed by atoms with Crippen LogP contribution in [-0.4, -0.2) is 55.2 Å². The molecule has 0 aliphatic carbocycles. The summed E-state index contributed by atoms with van der Waals surface area (Å²) in [5.74, 6) is -1.75. The smallest absolute Gasteiger partial charge is 0.339 e. The standard InChI is InChI=1S/C27H27ClFN5O4/c1-15(2)17-7-5-6-8-19(17)27(13-34(14-27)23-9-16(12-31-33-23)25(36)38-4)26(37)32-22-11-21(29)20(28)10-18(22)24(35)30-3/h5-12,15H,13-14H2,1-4H3,(H,30,35)(H,32,37). The molecule has 3 aromatic rings. The quantitative estimate of drug-likeness (QED) is 0.437. The number of halogens is 2. The topological polar surface area (TPSA) is 114 Å². The Balaban J connectivity index is 1.75. The van der Waals surface area contributed by atoms with E-state index in [9.17, 15) is 18.8 Å². The fourth-order valence-corrected chi connectivity index (χ4v) is 4.76. The molecule has 1 saturated heterocycles. The second kappa shape index (κ2) is 10.7. The summed E-state index contributed by atoms with van der Waals surface area (Å²) in [5.41, 5.74) is 0.979. The van der Waals surface area contributed by atoms with Gasteiger partial charge in [-0.15, -0.1) is 5.10 Å². The normalized spacial score (nSPS) is 14.0. The largest absolute Gasteiger partial charge is 0.465 e. The van der Waals surface area contributed by atoms with E-state index >= 15 is 0 Å². The molecule has 1 aliphatic heterocycles. The van der Waals surface area contributed by atoms with Gasteiger partial charge in [-0.25, -0.2) is 9.18 Å². The van der Waals surface area contributed by atoms with Gasteiger partial charge in [-0.05, 0) is 35.2 Å². The van der Waals surface area contributed by atoms with Gasteiger partial charge in [-0.2, -0.15) is 5.10 Å². The highest BCUT2D eigenvalue weighted by Gasteiger charge is 2.52. The number of carbonyl (C=O) groups is 3. The van der Waals surface area contributed by atoms with E-state index in [0.717, 1.165) is 17.2 Å². The summed E-state index contributed by atoms with van der Waals surface area (Å²) < 4.78 is 19.2. The van der Waals surface area contributed by atoms with Gasteiger partial charge in [0, 0.05) is 20.1 Å². The molecule has 1 aromatic heterocycles. The Labute approximate surface area is 224 Å². The first-order valence-electron chi connectivity index (χ1n) is 11.9. The number of ether oxygens (including phenoxy) is 1. The van der Waals surface area contributed by atoms with E-state index in [1.807, 2.05) is 43.0 Å². The minimum absolute atomic E-state index is 0.00332. The number of anilines is 2. The molecular formula is C27H27ClFN5O4. The zero-order valence-corrected chi connectivity index (χ0v) is 22.1. The number of hydrogen-bond acceptors (Lipinski definition) is 7. The first-order chi connectivity index (χ1) is 18.1. The Bertz CT molecular complexity index is 1410. The van der Waals surface area contributed by atoms with Gasteiger partial charge in [-0.3, -0.25) is 9.59 Å². The fourth-order valence-electron chi connectivity index (χ4n) is 4.59. The third kappa shape index (κ3) is 4.91. The van der Waals surface area contributed by atoms with Gasteiger partial charge < -0.3 is 20.3 Å². The molecule has 1 fully saturated rings. The molecule has 38 heavy (non-hydrogen) atoms. The monoisotopic (exact) mass is 539 g/mol. The molecule has 198 valence electrons. The third-order valence-electron chi connectivity index (χ3n) is 6.62. The zero-order chi connectivity index (χ0) is 27.6. The van der Waals surface area contributed by atoms with Gasteiger partial charge in [0.15, 0.2) is 5.82 Å². The van der Waals surface area contributed by atoms with Crippen molar-refractivity contribution in [3.63, 3.8) is 0 Å². The van der Waals surface area contributed by atoms with Crippen molar-refractivity contribution in [2.75, 3.05) is 37.5 Å². The molecule has 0 saturated carbocycles. The highest BCUT2D eigenvalue weighted by atomic mass is 35.5. The molecule has 0 spiro atoms. The first-order valence-corrected chi connectivity index (χ1v) is 12.3. The average Bonchev–Trinajstić information content (AvgIpc) is 2.89. The second-order valence-electron chi connectivity index (χ2n) is 9.32. The van der Waals surface area contributed by atoms with Gasteiger partial charge in [0.2, 0.25) is 5.91 Å². The number of carbonyl (C=O) groups excluding carboxylic acids is 3. The lowest BCUT2D eigenvalue weighted by molar-refractivity contribution is -0.122. The molecule has 2 amide bonds.